The van der Waals surface area contributed by atoms with Gasteiger partial charge in [-0.1, -0.05) is 0 Å². The summed E-state index contributed by atoms with van der Waals surface area (Å²) in [4.78, 5) is 17.5. The second kappa shape index (κ2) is 3.03. The first-order valence-electron chi connectivity index (χ1n) is 4.76. The van der Waals surface area contributed by atoms with E-state index in [4.69, 9.17) is 0 Å². The third-order valence-electron chi connectivity index (χ3n) is 2.56. The number of hydrogen-bond acceptors (Lipinski definition) is 3. The minimum Gasteiger partial charge on any atom is -0.339 e. The van der Waals surface area contributed by atoms with Crippen LogP contribution in [0.2, 0.25) is 0 Å². The Labute approximate surface area is 89.9 Å². The molecule has 0 saturated carbocycles. The van der Waals surface area contributed by atoms with Crippen molar-refractivity contribution in [2.24, 2.45) is 0 Å². The van der Waals surface area contributed by atoms with E-state index in [1.54, 1.807) is 12.3 Å². The molecule has 3 rings (SSSR count). The van der Waals surface area contributed by atoms with Gasteiger partial charge in [-0.15, -0.1) is 0 Å². The van der Waals surface area contributed by atoms with Gasteiger partial charge in [-0.05, 0) is 18.2 Å². The number of non-ortho nitro benzene ring substituents is 1. The fourth-order valence-electron chi connectivity index (χ4n) is 1.83. The lowest BCUT2D eigenvalue weighted by Gasteiger charge is -1.91. The number of pyridine rings is 1. The highest BCUT2D eigenvalue weighted by Gasteiger charge is 2.09. The molecule has 0 aliphatic heterocycles. The molecule has 0 aliphatic rings. The second-order valence-electron chi connectivity index (χ2n) is 3.51. The highest BCUT2D eigenvalue weighted by Crippen LogP contribution is 2.26. The van der Waals surface area contributed by atoms with Crippen LogP contribution in [0.15, 0.2) is 36.5 Å². The number of H-pyrrole nitrogens is 1. The molecular formula is C11H7N3O2. The van der Waals surface area contributed by atoms with Crippen LogP contribution in [0, 0.1) is 10.1 Å². The summed E-state index contributed by atoms with van der Waals surface area (Å²) in [5.74, 6) is 0. The lowest BCUT2D eigenvalue weighted by molar-refractivity contribution is -0.384. The monoisotopic (exact) mass is 213 g/mol. The molecule has 0 saturated heterocycles. The lowest BCUT2D eigenvalue weighted by Crippen LogP contribution is -1.86. The van der Waals surface area contributed by atoms with E-state index < -0.39 is 4.92 Å². The van der Waals surface area contributed by atoms with Crippen molar-refractivity contribution in [2.75, 3.05) is 0 Å². The summed E-state index contributed by atoms with van der Waals surface area (Å²) in [5.41, 5.74) is 1.57. The highest BCUT2D eigenvalue weighted by atomic mass is 16.6. The summed E-state index contributed by atoms with van der Waals surface area (Å²) >= 11 is 0. The largest absolute Gasteiger partial charge is 0.339 e. The zero-order valence-corrected chi connectivity index (χ0v) is 8.18. The zero-order valence-electron chi connectivity index (χ0n) is 8.18. The SMILES string of the molecule is O=[N+]([O-])c1ccc2c(c1)[nH]c1ncccc12. The van der Waals surface area contributed by atoms with Gasteiger partial charge in [0.1, 0.15) is 5.65 Å². The van der Waals surface area contributed by atoms with Crippen molar-refractivity contribution in [1.29, 1.82) is 0 Å². The van der Waals surface area contributed by atoms with Crippen LogP contribution in [-0.4, -0.2) is 14.9 Å². The molecule has 78 valence electrons. The van der Waals surface area contributed by atoms with Crippen molar-refractivity contribution in [1.82, 2.24) is 9.97 Å². The molecule has 0 radical (unpaired) electrons. The molecule has 0 spiro atoms. The third-order valence-corrected chi connectivity index (χ3v) is 2.56. The number of benzene rings is 1. The van der Waals surface area contributed by atoms with Crippen molar-refractivity contribution in [3.05, 3.63) is 46.6 Å². The second-order valence-corrected chi connectivity index (χ2v) is 3.51. The van der Waals surface area contributed by atoms with Gasteiger partial charge in [-0.3, -0.25) is 10.1 Å². The molecule has 5 nitrogen and oxygen atoms in total. The summed E-state index contributed by atoms with van der Waals surface area (Å²) in [6.07, 6.45) is 1.69. The van der Waals surface area contributed by atoms with Crippen LogP contribution in [0.1, 0.15) is 0 Å². The first-order valence-corrected chi connectivity index (χ1v) is 4.76. The van der Waals surface area contributed by atoms with E-state index in [0.29, 0.717) is 0 Å². The Morgan fingerprint density at radius 2 is 2.12 bits per heavy atom. The fourth-order valence-corrected chi connectivity index (χ4v) is 1.83. The van der Waals surface area contributed by atoms with Gasteiger partial charge in [0.05, 0.1) is 10.4 Å². The maximum atomic E-state index is 10.6. The van der Waals surface area contributed by atoms with Gasteiger partial charge < -0.3 is 4.98 Å². The molecule has 1 aromatic carbocycles. The van der Waals surface area contributed by atoms with Crippen molar-refractivity contribution in [2.45, 2.75) is 0 Å². The Hall–Kier alpha value is -2.43. The third kappa shape index (κ3) is 1.15. The summed E-state index contributed by atoms with van der Waals surface area (Å²) < 4.78 is 0. The maximum Gasteiger partial charge on any atom is 0.271 e. The Balaban J connectivity index is 2.41. The molecule has 0 bridgehead atoms. The molecule has 0 unspecified atom stereocenters. The molecular weight excluding hydrogens is 206 g/mol. The van der Waals surface area contributed by atoms with E-state index in [1.807, 2.05) is 12.1 Å². The first-order chi connectivity index (χ1) is 7.75. The molecule has 0 aliphatic carbocycles. The molecule has 2 heterocycles. The van der Waals surface area contributed by atoms with E-state index in [-0.39, 0.29) is 5.69 Å². The zero-order chi connectivity index (χ0) is 11.1. The van der Waals surface area contributed by atoms with E-state index in [9.17, 15) is 10.1 Å². The standard InChI is InChI=1S/C11H7N3O2/c15-14(16)7-3-4-8-9-2-1-5-12-11(9)13-10(8)6-7/h1-6H,(H,12,13). The topological polar surface area (TPSA) is 71.8 Å². The van der Waals surface area contributed by atoms with Crippen LogP contribution in [0.3, 0.4) is 0 Å². The number of nitro benzene ring substituents is 1. The molecule has 0 fully saturated rings. The Bertz CT molecular complexity index is 703. The predicted molar refractivity (Wildman–Crippen MR) is 60.3 cm³/mol. The summed E-state index contributed by atoms with van der Waals surface area (Å²) in [6.45, 7) is 0. The van der Waals surface area contributed by atoms with E-state index in [1.165, 1.54) is 12.1 Å². The van der Waals surface area contributed by atoms with Crippen LogP contribution >= 0.6 is 0 Å². The minimum absolute atomic E-state index is 0.0825. The van der Waals surface area contributed by atoms with Crippen LogP contribution in [0.5, 0.6) is 0 Å². The number of rotatable bonds is 1. The minimum atomic E-state index is -0.404. The Morgan fingerprint density at radius 3 is 2.94 bits per heavy atom. The summed E-state index contributed by atoms with van der Waals surface area (Å²) in [7, 11) is 0. The quantitative estimate of drug-likeness (QED) is 0.498. The number of fused-ring (bicyclic) bond motifs is 3. The van der Waals surface area contributed by atoms with Crippen LogP contribution in [0.4, 0.5) is 5.69 Å². The van der Waals surface area contributed by atoms with Gasteiger partial charge in [0.15, 0.2) is 0 Å². The predicted octanol–water partition coefficient (Wildman–Crippen LogP) is 2.62. The van der Waals surface area contributed by atoms with E-state index in [2.05, 4.69) is 9.97 Å². The molecule has 0 amide bonds. The van der Waals surface area contributed by atoms with Gasteiger partial charge in [0.2, 0.25) is 0 Å². The number of hydrogen-bond donors (Lipinski definition) is 1. The van der Waals surface area contributed by atoms with Gasteiger partial charge in [-0.2, -0.15) is 0 Å². The molecule has 1 N–H and O–H groups in total. The van der Waals surface area contributed by atoms with E-state index in [0.717, 1.165) is 21.9 Å². The van der Waals surface area contributed by atoms with Crippen LogP contribution in [0.25, 0.3) is 21.9 Å². The fraction of sp³-hybridized carbons (Fsp3) is 0. The van der Waals surface area contributed by atoms with Gasteiger partial charge >= 0.3 is 0 Å². The number of nitrogens with zero attached hydrogens (tertiary/aromatic N) is 2. The van der Waals surface area contributed by atoms with Gasteiger partial charge in [0.25, 0.3) is 5.69 Å². The molecule has 5 heteroatoms. The molecule has 3 aromatic rings. The van der Waals surface area contributed by atoms with Crippen molar-refractivity contribution in [3.63, 3.8) is 0 Å². The first kappa shape index (κ1) is 8.84. The molecule has 0 atom stereocenters. The number of aromatic nitrogens is 2. The summed E-state index contributed by atoms with van der Waals surface area (Å²) in [6, 6.07) is 8.55. The summed E-state index contributed by atoms with van der Waals surface area (Å²) in [5, 5.41) is 12.6. The van der Waals surface area contributed by atoms with E-state index >= 15 is 0 Å². The van der Waals surface area contributed by atoms with Crippen molar-refractivity contribution in [3.8, 4) is 0 Å². The van der Waals surface area contributed by atoms with Gasteiger partial charge in [-0.25, -0.2) is 4.98 Å². The number of nitrogens with one attached hydrogen (secondary N) is 1. The average molecular weight is 213 g/mol. The lowest BCUT2D eigenvalue weighted by atomic mass is 10.2. The van der Waals surface area contributed by atoms with Crippen LogP contribution < -0.4 is 0 Å². The number of aromatic amines is 1. The number of nitro groups is 1. The normalized spacial score (nSPS) is 11.0. The average Bonchev–Trinajstić information content (AvgIpc) is 2.66. The maximum absolute atomic E-state index is 10.6. The van der Waals surface area contributed by atoms with Crippen molar-refractivity contribution < 1.29 is 4.92 Å². The van der Waals surface area contributed by atoms with Crippen LogP contribution in [-0.2, 0) is 0 Å². The van der Waals surface area contributed by atoms with Gasteiger partial charge in [0, 0.05) is 29.1 Å². The Morgan fingerprint density at radius 1 is 1.25 bits per heavy atom. The smallest absolute Gasteiger partial charge is 0.271 e. The van der Waals surface area contributed by atoms with Crippen molar-refractivity contribution >= 4 is 27.6 Å². The Kier molecular flexibility index (Phi) is 1.67. The molecule has 16 heavy (non-hydrogen) atoms. The highest BCUT2D eigenvalue weighted by molar-refractivity contribution is 6.06. The molecule has 2 aromatic heterocycles.